The average molecular weight is 287 g/mol. The summed E-state index contributed by atoms with van der Waals surface area (Å²) in [6.07, 6.45) is 3.14. The molecule has 0 unspecified atom stereocenters. The zero-order valence-corrected chi connectivity index (χ0v) is 13.4. The Kier molecular flexibility index (Phi) is 4.55. The summed E-state index contributed by atoms with van der Waals surface area (Å²) in [5.41, 5.74) is 2.68. The lowest BCUT2D eigenvalue weighted by atomic mass is 9.75. The number of rotatable bonds is 5. The third kappa shape index (κ3) is 3.04. The first-order valence-electron chi connectivity index (χ1n) is 7.50. The van der Waals surface area contributed by atoms with Gasteiger partial charge in [-0.25, -0.2) is 0 Å². The molecule has 1 aliphatic carbocycles. The van der Waals surface area contributed by atoms with Crippen LogP contribution in [0.2, 0.25) is 0 Å². The summed E-state index contributed by atoms with van der Waals surface area (Å²) < 4.78 is 0. The summed E-state index contributed by atoms with van der Waals surface area (Å²) in [6, 6.07) is 7.69. The Morgan fingerprint density at radius 3 is 2.43 bits per heavy atom. The SMILES string of the molecule is C[C@@H](O)c1ccc(C#N)cc1N(C)CC1(N(C)C)CCC1. The molecule has 1 aromatic rings. The monoisotopic (exact) mass is 287 g/mol. The van der Waals surface area contributed by atoms with Crippen LogP contribution in [0.15, 0.2) is 18.2 Å². The fourth-order valence-electron chi connectivity index (χ4n) is 3.16. The second-order valence-corrected chi connectivity index (χ2v) is 6.39. The molecule has 0 saturated heterocycles. The predicted molar refractivity (Wildman–Crippen MR) is 85.3 cm³/mol. The van der Waals surface area contributed by atoms with Crippen LogP contribution in [-0.2, 0) is 0 Å². The van der Waals surface area contributed by atoms with E-state index in [1.807, 2.05) is 19.2 Å². The standard InChI is InChI=1S/C17H25N3O/c1-13(21)15-7-6-14(11-18)10-16(15)20(4)12-17(19(2)3)8-5-9-17/h6-7,10,13,21H,5,8-9,12H2,1-4H3/t13-/m1/s1. The summed E-state index contributed by atoms with van der Waals surface area (Å²) in [6.45, 7) is 2.68. The molecule has 114 valence electrons. The van der Waals surface area contributed by atoms with Gasteiger partial charge in [-0.15, -0.1) is 0 Å². The van der Waals surface area contributed by atoms with Gasteiger partial charge in [0.05, 0.1) is 17.7 Å². The number of likely N-dealkylation sites (N-methyl/N-ethyl adjacent to an activating group) is 2. The van der Waals surface area contributed by atoms with Crippen molar-refractivity contribution in [1.29, 1.82) is 5.26 Å². The topological polar surface area (TPSA) is 50.5 Å². The van der Waals surface area contributed by atoms with Gasteiger partial charge in [-0.1, -0.05) is 6.07 Å². The number of nitrogens with zero attached hydrogens (tertiary/aromatic N) is 3. The van der Waals surface area contributed by atoms with Crippen LogP contribution >= 0.6 is 0 Å². The van der Waals surface area contributed by atoms with Crippen LogP contribution in [0, 0.1) is 11.3 Å². The first-order valence-corrected chi connectivity index (χ1v) is 7.50. The van der Waals surface area contributed by atoms with Crippen molar-refractivity contribution in [2.45, 2.75) is 37.8 Å². The van der Waals surface area contributed by atoms with Crippen molar-refractivity contribution in [1.82, 2.24) is 4.90 Å². The minimum atomic E-state index is -0.535. The van der Waals surface area contributed by atoms with Crippen molar-refractivity contribution in [2.75, 3.05) is 32.6 Å². The molecule has 1 fully saturated rings. The van der Waals surface area contributed by atoms with E-state index in [1.54, 1.807) is 13.0 Å². The van der Waals surface area contributed by atoms with Crippen LogP contribution in [0.5, 0.6) is 0 Å². The second-order valence-electron chi connectivity index (χ2n) is 6.39. The van der Waals surface area contributed by atoms with E-state index in [-0.39, 0.29) is 5.54 Å². The molecular formula is C17H25N3O. The Morgan fingerprint density at radius 1 is 1.33 bits per heavy atom. The molecule has 1 saturated carbocycles. The summed E-state index contributed by atoms with van der Waals surface area (Å²) in [5, 5.41) is 19.1. The summed E-state index contributed by atoms with van der Waals surface area (Å²) >= 11 is 0. The van der Waals surface area contributed by atoms with Gasteiger partial charge in [0.2, 0.25) is 0 Å². The third-order valence-electron chi connectivity index (χ3n) is 4.79. The Bertz CT molecular complexity index is 541. The van der Waals surface area contributed by atoms with Crippen LogP contribution in [0.3, 0.4) is 0 Å². The molecule has 0 radical (unpaired) electrons. The minimum Gasteiger partial charge on any atom is -0.389 e. The molecule has 0 aromatic heterocycles. The molecule has 1 aromatic carbocycles. The minimum absolute atomic E-state index is 0.216. The Labute approximate surface area is 127 Å². The van der Waals surface area contributed by atoms with Gasteiger partial charge in [0.15, 0.2) is 0 Å². The quantitative estimate of drug-likeness (QED) is 0.904. The van der Waals surface area contributed by atoms with Gasteiger partial charge in [-0.2, -0.15) is 5.26 Å². The normalized spacial score (nSPS) is 18.0. The lowest BCUT2D eigenvalue weighted by molar-refractivity contribution is 0.0682. The Morgan fingerprint density at radius 2 is 2.00 bits per heavy atom. The first kappa shape index (κ1) is 15.8. The number of hydrogen-bond donors (Lipinski definition) is 1. The lowest BCUT2D eigenvalue weighted by Crippen LogP contribution is -2.56. The van der Waals surface area contributed by atoms with Gasteiger partial charge >= 0.3 is 0 Å². The van der Waals surface area contributed by atoms with Crippen LogP contribution in [0.25, 0.3) is 0 Å². The van der Waals surface area contributed by atoms with Crippen molar-refractivity contribution in [2.24, 2.45) is 0 Å². The fraction of sp³-hybridized carbons (Fsp3) is 0.588. The number of hydrogen-bond acceptors (Lipinski definition) is 4. The van der Waals surface area contributed by atoms with E-state index in [4.69, 9.17) is 5.26 Å². The van der Waals surface area contributed by atoms with Gasteiger partial charge in [-0.05, 0) is 52.4 Å². The van der Waals surface area contributed by atoms with E-state index in [9.17, 15) is 5.11 Å². The molecule has 0 spiro atoms. The highest BCUT2D eigenvalue weighted by atomic mass is 16.3. The van der Waals surface area contributed by atoms with Gasteiger partial charge in [0.1, 0.15) is 0 Å². The molecule has 0 heterocycles. The maximum absolute atomic E-state index is 9.98. The van der Waals surface area contributed by atoms with Crippen LogP contribution in [-0.4, -0.2) is 43.2 Å². The predicted octanol–water partition coefficient (Wildman–Crippen LogP) is 2.53. The van der Waals surface area contributed by atoms with E-state index >= 15 is 0 Å². The summed E-state index contributed by atoms with van der Waals surface area (Å²) in [7, 11) is 6.31. The number of benzene rings is 1. The van der Waals surface area contributed by atoms with Crippen molar-refractivity contribution < 1.29 is 5.11 Å². The molecule has 4 nitrogen and oxygen atoms in total. The highest BCUT2D eigenvalue weighted by molar-refractivity contribution is 5.58. The molecule has 21 heavy (non-hydrogen) atoms. The molecule has 1 aliphatic rings. The summed E-state index contributed by atoms with van der Waals surface area (Å²) in [5.74, 6) is 0. The van der Waals surface area contributed by atoms with Crippen molar-refractivity contribution >= 4 is 5.69 Å². The highest BCUT2D eigenvalue weighted by Crippen LogP contribution is 2.38. The number of anilines is 1. The molecule has 0 aliphatic heterocycles. The smallest absolute Gasteiger partial charge is 0.0992 e. The van der Waals surface area contributed by atoms with E-state index in [2.05, 4.69) is 30.0 Å². The largest absolute Gasteiger partial charge is 0.389 e. The number of nitriles is 1. The van der Waals surface area contributed by atoms with Crippen molar-refractivity contribution in [3.05, 3.63) is 29.3 Å². The molecular weight excluding hydrogens is 262 g/mol. The molecule has 2 rings (SSSR count). The number of aliphatic hydroxyl groups excluding tert-OH is 1. The molecule has 0 amide bonds. The van der Waals surface area contributed by atoms with Crippen LogP contribution in [0.1, 0.15) is 43.4 Å². The lowest BCUT2D eigenvalue weighted by Gasteiger charge is -2.49. The third-order valence-corrected chi connectivity index (χ3v) is 4.79. The number of aliphatic hydroxyl groups is 1. The molecule has 1 N–H and O–H groups in total. The highest BCUT2D eigenvalue weighted by Gasteiger charge is 2.40. The van der Waals surface area contributed by atoms with Crippen LogP contribution < -0.4 is 4.90 Å². The zero-order valence-electron chi connectivity index (χ0n) is 13.4. The molecule has 4 heteroatoms. The Balaban J connectivity index is 2.29. The molecule has 1 atom stereocenters. The van der Waals surface area contributed by atoms with E-state index in [0.717, 1.165) is 17.8 Å². The maximum atomic E-state index is 9.98. The summed E-state index contributed by atoms with van der Waals surface area (Å²) in [4.78, 5) is 4.49. The van der Waals surface area contributed by atoms with E-state index in [1.165, 1.54) is 19.3 Å². The van der Waals surface area contributed by atoms with Gasteiger partial charge < -0.3 is 14.9 Å². The molecule has 0 bridgehead atoms. The maximum Gasteiger partial charge on any atom is 0.0992 e. The zero-order chi connectivity index (χ0) is 15.6. The van der Waals surface area contributed by atoms with E-state index in [0.29, 0.717) is 5.56 Å². The average Bonchev–Trinajstić information content (AvgIpc) is 2.41. The van der Waals surface area contributed by atoms with E-state index < -0.39 is 6.10 Å². The van der Waals surface area contributed by atoms with Crippen LogP contribution in [0.4, 0.5) is 5.69 Å². The second kappa shape index (κ2) is 6.05. The Hall–Kier alpha value is -1.57. The van der Waals surface area contributed by atoms with Gasteiger partial charge in [-0.3, -0.25) is 0 Å². The van der Waals surface area contributed by atoms with Crippen molar-refractivity contribution in [3.63, 3.8) is 0 Å². The van der Waals surface area contributed by atoms with Gasteiger partial charge in [0, 0.05) is 30.4 Å². The van der Waals surface area contributed by atoms with Crippen molar-refractivity contribution in [3.8, 4) is 6.07 Å². The first-order chi connectivity index (χ1) is 9.89. The fourth-order valence-corrected chi connectivity index (χ4v) is 3.16. The van der Waals surface area contributed by atoms with Gasteiger partial charge in [0.25, 0.3) is 0 Å².